The van der Waals surface area contributed by atoms with Gasteiger partial charge in [0.25, 0.3) is 0 Å². The average Bonchev–Trinajstić information content (AvgIpc) is 3.31. The molecule has 1 saturated heterocycles. The van der Waals surface area contributed by atoms with Gasteiger partial charge in [-0.3, -0.25) is 0 Å². The first-order valence-corrected chi connectivity index (χ1v) is 12.0. The highest BCUT2D eigenvalue weighted by Crippen LogP contribution is 2.20. The van der Waals surface area contributed by atoms with Gasteiger partial charge in [-0.15, -0.1) is 10.2 Å². The van der Waals surface area contributed by atoms with Crippen molar-refractivity contribution in [2.45, 2.75) is 33.2 Å². The monoisotopic (exact) mass is 421 g/mol. The van der Waals surface area contributed by atoms with Crippen LogP contribution in [0.3, 0.4) is 0 Å². The summed E-state index contributed by atoms with van der Waals surface area (Å²) in [6.45, 7) is 9.87. The highest BCUT2D eigenvalue weighted by atomic mass is 32.2. The third kappa shape index (κ3) is 4.55. The van der Waals surface area contributed by atoms with Crippen LogP contribution in [-0.4, -0.2) is 46.6 Å². The Balaban J connectivity index is 1.75. The molecule has 0 amide bonds. The standard InChI is InChI=1S/C24H31N5S/c1-3-28(4-2)16-9-10-17-29-21-13-7-5-11-19(21)23(20-12-6-8-14-22(20)29)26-27-24-25-15-18-30-24/h5-8,11-14H,3-4,9-10,15-18H2,1-2H3,(H,25,27). The normalized spacial score (nSPS) is 15.4. The Hall–Kier alpha value is -2.31. The number of thioether (sulfide) groups is 1. The fourth-order valence-corrected chi connectivity index (χ4v) is 4.80. The maximum absolute atomic E-state index is 4.71. The van der Waals surface area contributed by atoms with Crippen LogP contribution in [-0.2, 0) is 6.54 Å². The van der Waals surface area contributed by atoms with E-state index in [0.717, 1.165) is 59.7 Å². The number of benzene rings is 2. The van der Waals surface area contributed by atoms with Gasteiger partial charge < -0.3 is 14.8 Å². The largest absolute Gasteiger partial charge is 0.362 e. The molecule has 5 nitrogen and oxygen atoms in total. The van der Waals surface area contributed by atoms with E-state index in [-0.39, 0.29) is 0 Å². The molecule has 0 unspecified atom stereocenters. The summed E-state index contributed by atoms with van der Waals surface area (Å²) in [4.78, 5) is 2.50. The lowest BCUT2D eigenvalue weighted by Gasteiger charge is -2.19. The van der Waals surface area contributed by atoms with Crippen LogP contribution >= 0.6 is 11.8 Å². The van der Waals surface area contributed by atoms with E-state index in [0.29, 0.717) is 0 Å². The zero-order valence-electron chi connectivity index (χ0n) is 18.0. The van der Waals surface area contributed by atoms with Crippen LogP contribution in [0.1, 0.15) is 26.7 Å². The molecule has 3 aromatic rings. The molecule has 0 atom stereocenters. The Morgan fingerprint density at radius 2 is 1.60 bits per heavy atom. The predicted molar refractivity (Wildman–Crippen MR) is 130 cm³/mol. The van der Waals surface area contributed by atoms with Gasteiger partial charge in [-0.2, -0.15) is 0 Å². The first kappa shape index (κ1) is 20.9. The van der Waals surface area contributed by atoms with Crippen LogP contribution in [0.5, 0.6) is 0 Å². The van der Waals surface area contributed by atoms with E-state index in [1.54, 1.807) is 11.8 Å². The van der Waals surface area contributed by atoms with Gasteiger partial charge in [0.2, 0.25) is 0 Å². The average molecular weight is 422 g/mol. The Labute approximate surface area is 182 Å². The summed E-state index contributed by atoms with van der Waals surface area (Å²) >= 11 is 1.73. The first-order valence-electron chi connectivity index (χ1n) is 11.0. The molecule has 0 saturated carbocycles. The van der Waals surface area contributed by atoms with Crippen LogP contribution in [0.4, 0.5) is 0 Å². The number of hydrogen-bond donors (Lipinski definition) is 1. The first-order chi connectivity index (χ1) is 14.8. The lowest BCUT2D eigenvalue weighted by atomic mass is 10.1. The van der Waals surface area contributed by atoms with E-state index >= 15 is 0 Å². The Morgan fingerprint density at radius 3 is 2.20 bits per heavy atom. The minimum atomic E-state index is 0.913. The van der Waals surface area contributed by atoms with E-state index in [1.165, 1.54) is 24.0 Å². The smallest absolute Gasteiger partial charge is 0.183 e. The summed E-state index contributed by atoms with van der Waals surface area (Å²) in [7, 11) is 0. The number of fused-ring (bicyclic) bond motifs is 2. The van der Waals surface area contributed by atoms with Crippen molar-refractivity contribution < 1.29 is 0 Å². The molecule has 1 aromatic heterocycles. The summed E-state index contributed by atoms with van der Waals surface area (Å²) in [5, 5.41) is 16.7. The number of hydrogen-bond acceptors (Lipinski definition) is 4. The molecule has 1 aliphatic rings. The molecule has 158 valence electrons. The fourth-order valence-electron chi connectivity index (χ4n) is 4.10. The number of amidine groups is 1. The van der Waals surface area contributed by atoms with E-state index in [2.05, 4.69) is 82.3 Å². The van der Waals surface area contributed by atoms with Crippen LogP contribution in [0.2, 0.25) is 0 Å². The van der Waals surface area contributed by atoms with Gasteiger partial charge in [0.1, 0.15) is 5.36 Å². The molecule has 1 N–H and O–H groups in total. The number of nitrogens with zero attached hydrogens (tertiary/aromatic N) is 4. The van der Waals surface area contributed by atoms with E-state index in [9.17, 15) is 0 Å². The van der Waals surface area contributed by atoms with Gasteiger partial charge in [-0.1, -0.05) is 62.0 Å². The van der Waals surface area contributed by atoms with E-state index < -0.39 is 0 Å². The van der Waals surface area contributed by atoms with Crippen molar-refractivity contribution in [1.82, 2.24) is 14.8 Å². The molecule has 0 aliphatic carbocycles. The predicted octanol–water partition coefficient (Wildman–Crippen LogP) is 4.42. The molecular formula is C24H31N5S. The summed E-state index contributed by atoms with van der Waals surface area (Å²) in [5.41, 5.74) is 2.45. The summed E-state index contributed by atoms with van der Waals surface area (Å²) in [5.74, 6) is 1.05. The number of para-hydroxylation sites is 2. The summed E-state index contributed by atoms with van der Waals surface area (Å²) in [6, 6.07) is 17.2. The molecule has 2 aromatic carbocycles. The molecule has 2 heterocycles. The van der Waals surface area contributed by atoms with Crippen molar-refractivity contribution in [1.29, 1.82) is 0 Å². The SMILES string of the molecule is CCN(CC)CCCCn1c2ccccc2c(=NN=C2NCCS2)c2ccccc21. The zero-order valence-corrected chi connectivity index (χ0v) is 18.8. The molecule has 0 spiro atoms. The highest BCUT2D eigenvalue weighted by Gasteiger charge is 2.11. The second-order valence-corrected chi connectivity index (χ2v) is 8.63. The number of aryl methyl sites for hydroxylation is 1. The summed E-state index contributed by atoms with van der Waals surface area (Å²) in [6.07, 6.45) is 2.37. The van der Waals surface area contributed by atoms with Gasteiger partial charge in [0.05, 0.1) is 11.0 Å². The number of pyridine rings is 1. The highest BCUT2D eigenvalue weighted by molar-refractivity contribution is 8.14. The number of rotatable bonds is 8. The van der Waals surface area contributed by atoms with Crippen molar-refractivity contribution in [2.75, 3.05) is 31.9 Å². The second-order valence-electron chi connectivity index (χ2n) is 7.55. The second kappa shape index (κ2) is 10.1. The summed E-state index contributed by atoms with van der Waals surface area (Å²) < 4.78 is 2.46. The lowest BCUT2D eigenvalue weighted by Crippen LogP contribution is -2.24. The molecule has 6 heteroatoms. The molecule has 30 heavy (non-hydrogen) atoms. The van der Waals surface area contributed by atoms with Crippen LogP contribution in [0.15, 0.2) is 58.7 Å². The maximum Gasteiger partial charge on any atom is 0.183 e. The lowest BCUT2D eigenvalue weighted by molar-refractivity contribution is 0.295. The van der Waals surface area contributed by atoms with Gasteiger partial charge >= 0.3 is 0 Å². The van der Waals surface area contributed by atoms with Crippen molar-refractivity contribution in [3.05, 3.63) is 53.9 Å². The van der Waals surface area contributed by atoms with Crippen LogP contribution in [0, 0.1) is 0 Å². The third-order valence-electron chi connectivity index (χ3n) is 5.76. The minimum absolute atomic E-state index is 0.913. The number of nitrogens with one attached hydrogen (secondary N) is 1. The quantitative estimate of drug-likeness (QED) is 0.333. The number of aromatic nitrogens is 1. The molecule has 0 bridgehead atoms. The Morgan fingerprint density at radius 1 is 0.933 bits per heavy atom. The third-order valence-corrected chi connectivity index (χ3v) is 6.67. The van der Waals surface area contributed by atoms with Gasteiger partial charge in [0.15, 0.2) is 5.17 Å². The van der Waals surface area contributed by atoms with Crippen molar-refractivity contribution in [2.24, 2.45) is 10.2 Å². The van der Waals surface area contributed by atoms with Crippen LogP contribution in [0.25, 0.3) is 21.8 Å². The van der Waals surface area contributed by atoms with E-state index in [1.807, 2.05) is 0 Å². The maximum atomic E-state index is 4.71. The minimum Gasteiger partial charge on any atom is -0.362 e. The molecule has 1 fully saturated rings. The molecule has 0 radical (unpaired) electrons. The van der Waals surface area contributed by atoms with E-state index in [4.69, 9.17) is 5.10 Å². The molecule has 1 aliphatic heterocycles. The van der Waals surface area contributed by atoms with Crippen LogP contribution < -0.4 is 10.7 Å². The van der Waals surface area contributed by atoms with Gasteiger partial charge in [0, 0.05) is 29.6 Å². The van der Waals surface area contributed by atoms with Gasteiger partial charge in [-0.25, -0.2) is 0 Å². The Kier molecular flexibility index (Phi) is 7.07. The van der Waals surface area contributed by atoms with Crippen molar-refractivity contribution in [3.63, 3.8) is 0 Å². The zero-order chi connectivity index (χ0) is 20.8. The van der Waals surface area contributed by atoms with Gasteiger partial charge in [-0.05, 0) is 44.6 Å². The number of unbranched alkanes of at least 4 members (excludes halogenated alkanes) is 1. The van der Waals surface area contributed by atoms with Crippen molar-refractivity contribution in [3.8, 4) is 0 Å². The Bertz CT molecular complexity index is 1030. The molecular weight excluding hydrogens is 390 g/mol. The topological polar surface area (TPSA) is 44.9 Å². The molecule has 4 rings (SSSR count). The van der Waals surface area contributed by atoms with Crippen molar-refractivity contribution >= 4 is 38.7 Å². The fraction of sp³-hybridized carbons (Fsp3) is 0.417.